The highest BCUT2D eigenvalue weighted by Crippen LogP contribution is 2.32. The summed E-state index contributed by atoms with van der Waals surface area (Å²) < 4.78 is 5.44. The lowest BCUT2D eigenvalue weighted by atomic mass is 10.1. The first kappa shape index (κ1) is 13.2. The molecule has 0 bridgehead atoms. The zero-order valence-electron chi connectivity index (χ0n) is 8.86. The molecule has 5 heteroatoms. The van der Waals surface area contributed by atoms with E-state index in [1.807, 2.05) is 6.92 Å². The number of halogens is 1. The average Bonchev–Trinajstić information content (AvgIpc) is 2.23. The molecule has 0 atom stereocenters. The number of aliphatic carboxylic acids is 1. The highest BCUT2D eigenvalue weighted by atomic mass is 35.5. The monoisotopic (exact) mass is 260 g/mol. The zero-order valence-corrected chi connectivity index (χ0v) is 10.5. The van der Waals surface area contributed by atoms with Crippen LogP contribution in [0.2, 0.25) is 5.02 Å². The van der Waals surface area contributed by atoms with Gasteiger partial charge in [0.15, 0.2) is 0 Å². The maximum absolute atomic E-state index is 10.7. The van der Waals surface area contributed by atoms with Crippen LogP contribution in [0.5, 0.6) is 5.75 Å². The van der Waals surface area contributed by atoms with Gasteiger partial charge in [-0.2, -0.15) is 0 Å². The Morgan fingerprint density at radius 2 is 2.25 bits per heavy atom. The van der Waals surface area contributed by atoms with E-state index in [1.54, 1.807) is 12.1 Å². The molecule has 0 heterocycles. The van der Waals surface area contributed by atoms with Crippen molar-refractivity contribution in [2.24, 2.45) is 0 Å². The van der Waals surface area contributed by atoms with Crippen LogP contribution < -0.4 is 4.74 Å². The maximum atomic E-state index is 10.7. The van der Waals surface area contributed by atoms with Crippen LogP contribution in [0, 0.1) is 0 Å². The number of rotatable bonds is 5. The number of hydrogen-bond acceptors (Lipinski definition) is 3. The van der Waals surface area contributed by atoms with Gasteiger partial charge in [0.2, 0.25) is 0 Å². The van der Waals surface area contributed by atoms with Crippen LogP contribution in [0.1, 0.15) is 18.9 Å². The quantitative estimate of drug-likeness (QED) is 0.800. The number of carboxylic acid groups (broad SMARTS) is 1. The van der Waals surface area contributed by atoms with E-state index in [2.05, 4.69) is 12.6 Å². The Balaban J connectivity index is 3.01. The van der Waals surface area contributed by atoms with E-state index in [4.69, 9.17) is 21.4 Å². The average molecular weight is 261 g/mol. The minimum absolute atomic E-state index is 0.152. The van der Waals surface area contributed by atoms with Gasteiger partial charge in [-0.25, -0.2) is 0 Å². The summed E-state index contributed by atoms with van der Waals surface area (Å²) in [5, 5.41) is 9.15. The second-order valence-corrected chi connectivity index (χ2v) is 4.15. The van der Waals surface area contributed by atoms with Crippen molar-refractivity contribution in [3.8, 4) is 5.75 Å². The van der Waals surface area contributed by atoms with Crippen molar-refractivity contribution in [2.45, 2.75) is 24.7 Å². The Morgan fingerprint density at radius 1 is 1.56 bits per heavy atom. The Labute approximate surface area is 105 Å². The molecule has 0 saturated heterocycles. The SMILES string of the molecule is CCCOc1ccc(Cl)c(CC(=O)O)c1S. The Bertz CT molecular complexity index is 393. The molecule has 1 N–H and O–H groups in total. The zero-order chi connectivity index (χ0) is 12.1. The fourth-order valence-corrected chi connectivity index (χ4v) is 1.87. The summed E-state index contributed by atoms with van der Waals surface area (Å²) in [6, 6.07) is 3.33. The van der Waals surface area contributed by atoms with Crippen LogP contribution >= 0.6 is 24.2 Å². The Kier molecular flexibility index (Phi) is 4.96. The van der Waals surface area contributed by atoms with Crippen molar-refractivity contribution in [1.82, 2.24) is 0 Å². The van der Waals surface area contributed by atoms with Gasteiger partial charge in [-0.15, -0.1) is 12.6 Å². The summed E-state index contributed by atoms with van der Waals surface area (Å²) in [5.41, 5.74) is 0.492. The molecule has 0 saturated carbocycles. The second-order valence-electron chi connectivity index (χ2n) is 3.29. The highest BCUT2D eigenvalue weighted by Gasteiger charge is 2.13. The van der Waals surface area contributed by atoms with Crippen LogP contribution in [0.3, 0.4) is 0 Å². The third-order valence-electron chi connectivity index (χ3n) is 1.98. The predicted molar refractivity (Wildman–Crippen MR) is 65.8 cm³/mol. The van der Waals surface area contributed by atoms with Crippen molar-refractivity contribution in [2.75, 3.05) is 6.61 Å². The summed E-state index contributed by atoms with van der Waals surface area (Å²) in [5.74, 6) is -0.365. The summed E-state index contributed by atoms with van der Waals surface area (Å²) in [6.07, 6.45) is 0.727. The van der Waals surface area contributed by atoms with Gasteiger partial charge in [0, 0.05) is 5.02 Å². The molecular weight excluding hydrogens is 248 g/mol. The van der Waals surface area contributed by atoms with E-state index in [1.165, 1.54) is 0 Å². The minimum atomic E-state index is -0.940. The molecule has 16 heavy (non-hydrogen) atoms. The van der Waals surface area contributed by atoms with Crippen molar-refractivity contribution < 1.29 is 14.6 Å². The van der Waals surface area contributed by atoms with Crippen molar-refractivity contribution in [1.29, 1.82) is 0 Å². The van der Waals surface area contributed by atoms with Gasteiger partial charge in [-0.1, -0.05) is 18.5 Å². The van der Waals surface area contributed by atoms with Crippen molar-refractivity contribution in [3.63, 3.8) is 0 Å². The molecular formula is C11H13ClO3S. The van der Waals surface area contributed by atoms with Crippen molar-refractivity contribution >= 4 is 30.2 Å². The van der Waals surface area contributed by atoms with Gasteiger partial charge in [-0.3, -0.25) is 4.79 Å². The van der Waals surface area contributed by atoms with Crippen LogP contribution in [-0.2, 0) is 11.2 Å². The molecule has 0 aliphatic rings. The lowest BCUT2D eigenvalue weighted by Gasteiger charge is -2.11. The van der Waals surface area contributed by atoms with Crippen molar-refractivity contribution in [3.05, 3.63) is 22.7 Å². The Morgan fingerprint density at radius 3 is 2.81 bits per heavy atom. The van der Waals surface area contributed by atoms with E-state index in [0.29, 0.717) is 27.8 Å². The fourth-order valence-electron chi connectivity index (χ4n) is 1.24. The summed E-state index contributed by atoms with van der Waals surface area (Å²) in [4.78, 5) is 11.2. The van der Waals surface area contributed by atoms with Gasteiger partial charge in [0.05, 0.1) is 17.9 Å². The number of carboxylic acids is 1. The molecule has 1 aromatic carbocycles. The number of carbonyl (C=O) groups is 1. The summed E-state index contributed by atoms with van der Waals surface area (Å²) in [7, 11) is 0. The molecule has 3 nitrogen and oxygen atoms in total. The van der Waals surface area contributed by atoms with Crippen LogP contribution in [0.15, 0.2) is 17.0 Å². The molecule has 0 spiro atoms. The van der Waals surface area contributed by atoms with Gasteiger partial charge in [-0.05, 0) is 24.1 Å². The molecule has 1 rings (SSSR count). The maximum Gasteiger partial charge on any atom is 0.307 e. The van der Waals surface area contributed by atoms with E-state index < -0.39 is 5.97 Å². The molecule has 1 aromatic rings. The first-order valence-corrected chi connectivity index (χ1v) is 5.73. The van der Waals surface area contributed by atoms with E-state index in [-0.39, 0.29) is 6.42 Å². The number of thiol groups is 1. The lowest BCUT2D eigenvalue weighted by Crippen LogP contribution is -2.04. The van der Waals surface area contributed by atoms with Gasteiger partial charge in [0.25, 0.3) is 0 Å². The molecule has 0 amide bonds. The van der Waals surface area contributed by atoms with E-state index in [0.717, 1.165) is 6.42 Å². The predicted octanol–water partition coefficient (Wildman–Crippen LogP) is 3.04. The number of hydrogen-bond donors (Lipinski definition) is 2. The third kappa shape index (κ3) is 3.32. The summed E-state index contributed by atoms with van der Waals surface area (Å²) in [6.45, 7) is 2.56. The minimum Gasteiger partial charge on any atom is -0.492 e. The van der Waals surface area contributed by atoms with Crippen LogP contribution in [0.4, 0.5) is 0 Å². The molecule has 0 aliphatic carbocycles. The first-order valence-electron chi connectivity index (χ1n) is 4.91. The van der Waals surface area contributed by atoms with Gasteiger partial charge in [0.1, 0.15) is 5.75 Å². The van der Waals surface area contributed by atoms with Gasteiger partial charge >= 0.3 is 5.97 Å². The standard InChI is InChI=1S/C11H13ClO3S/c1-2-5-15-9-4-3-8(12)7(11(9)16)6-10(13)14/h3-4,16H,2,5-6H2,1H3,(H,13,14). The largest absolute Gasteiger partial charge is 0.492 e. The highest BCUT2D eigenvalue weighted by molar-refractivity contribution is 7.80. The molecule has 0 fully saturated rings. The fraction of sp³-hybridized carbons (Fsp3) is 0.364. The molecule has 0 unspecified atom stereocenters. The summed E-state index contributed by atoms with van der Waals surface area (Å²) >= 11 is 10.2. The molecule has 0 radical (unpaired) electrons. The number of ether oxygens (including phenoxy) is 1. The van der Waals surface area contributed by atoms with Gasteiger partial charge < -0.3 is 9.84 Å². The van der Waals surface area contributed by atoms with Crippen LogP contribution in [0.25, 0.3) is 0 Å². The Hall–Kier alpha value is -0.870. The van der Waals surface area contributed by atoms with E-state index in [9.17, 15) is 4.79 Å². The first-order chi connectivity index (χ1) is 7.56. The molecule has 0 aliphatic heterocycles. The van der Waals surface area contributed by atoms with Crippen LogP contribution in [-0.4, -0.2) is 17.7 Å². The van der Waals surface area contributed by atoms with E-state index >= 15 is 0 Å². The normalized spacial score (nSPS) is 10.2. The third-order valence-corrected chi connectivity index (χ3v) is 2.82. The number of benzene rings is 1. The topological polar surface area (TPSA) is 46.5 Å². The molecule has 0 aromatic heterocycles. The second kappa shape index (κ2) is 6.01. The lowest BCUT2D eigenvalue weighted by molar-refractivity contribution is -0.136. The smallest absolute Gasteiger partial charge is 0.307 e. The molecule has 88 valence electrons.